The first-order valence-corrected chi connectivity index (χ1v) is 13.9. The van der Waals surface area contributed by atoms with Crippen LogP contribution < -0.4 is 0 Å². The fourth-order valence-electron chi connectivity index (χ4n) is 3.52. The number of carbonyl (C=O) groups excluding carboxylic acids is 2. The minimum Gasteiger partial charge on any atom is -0.467 e. The minimum absolute atomic E-state index is 0.0870. The Bertz CT molecular complexity index is 763. The molecule has 0 N–H and O–H groups in total. The number of rotatable bonds is 5. The molecule has 1 aromatic carbocycles. The van der Waals surface area contributed by atoms with E-state index in [0.717, 1.165) is 22.8 Å². The second-order valence-electron chi connectivity index (χ2n) is 7.97. The zero-order valence-electron chi connectivity index (χ0n) is 16.6. The molecular formula is C21H28INO3Si. The van der Waals surface area contributed by atoms with Crippen LogP contribution >= 0.6 is 22.6 Å². The maximum atomic E-state index is 13.2. The Morgan fingerprint density at radius 3 is 2.63 bits per heavy atom. The van der Waals surface area contributed by atoms with Gasteiger partial charge >= 0.3 is 5.97 Å². The molecule has 0 radical (unpaired) electrons. The van der Waals surface area contributed by atoms with Crippen LogP contribution in [0.1, 0.15) is 42.5 Å². The van der Waals surface area contributed by atoms with Crippen molar-refractivity contribution in [3.05, 3.63) is 33.4 Å². The molecule has 1 saturated heterocycles. The number of hydrogen-bond donors (Lipinski definition) is 0. The van der Waals surface area contributed by atoms with E-state index >= 15 is 0 Å². The van der Waals surface area contributed by atoms with E-state index < -0.39 is 13.6 Å². The zero-order chi connectivity index (χ0) is 20.1. The second kappa shape index (κ2) is 9.24. The summed E-state index contributed by atoms with van der Waals surface area (Å²) in [5.74, 6) is 2.87. The van der Waals surface area contributed by atoms with Gasteiger partial charge in [0.05, 0.1) is 12.7 Å². The van der Waals surface area contributed by atoms with Gasteiger partial charge in [-0.05, 0) is 60.4 Å². The fraction of sp³-hybridized carbons (Fsp3) is 0.524. The van der Waals surface area contributed by atoms with Crippen molar-refractivity contribution < 1.29 is 14.3 Å². The van der Waals surface area contributed by atoms with Gasteiger partial charge in [0.1, 0.15) is 13.6 Å². The molecule has 1 unspecified atom stereocenters. The number of likely N-dealkylation sites (tertiary alicyclic amines) is 1. The largest absolute Gasteiger partial charge is 0.467 e. The summed E-state index contributed by atoms with van der Waals surface area (Å²) in [6.07, 6.45) is 3.58. The molecule has 1 heterocycles. The van der Waals surface area contributed by atoms with E-state index in [2.05, 4.69) is 53.7 Å². The molecule has 1 aliphatic rings. The first-order valence-electron chi connectivity index (χ1n) is 9.36. The van der Waals surface area contributed by atoms with Crippen LogP contribution in [0.15, 0.2) is 24.3 Å². The molecule has 4 nitrogen and oxygen atoms in total. The highest BCUT2D eigenvalue weighted by Gasteiger charge is 2.50. The van der Waals surface area contributed by atoms with Crippen molar-refractivity contribution in [1.29, 1.82) is 0 Å². The standard InChI is InChI=1S/C21H28INO3Si/c1-26-20(25)21(13-8-5-9-16-27(2,3)4)14-10-15-23(21)19(24)17-11-6-7-12-18(17)22/h6-7,11-12H,5,8,10,13-15H2,1-4H3. The number of benzene rings is 1. The molecular weight excluding hydrogens is 469 g/mol. The summed E-state index contributed by atoms with van der Waals surface area (Å²) in [5, 5.41) is 0. The van der Waals surface area contributed by atoms with E-state index in [1.165, 1.54) is 7.11 Å². The zero-order valence-corrected chi connectivity index (χ0v) is 19.8. The van der Waals surface area contributed by atoms with Crippen molar-refractivity contribution in [1.82, 2.24) is 4.90 Å². The molecule has 0 saturated carbocycles. The monoisotopic (exact) mass is 497 g/mol. The Morgan fingerprint density at radius 1 is 1.30 bits per heavy atom. The highest BCUT2D eigenvalue weighted by Crippen LogP contribution is 2.37. The summed E-state index contributed by atoms with van der Waals surface area (Å²) in [6.45, 7) is 7.23. The van der Waals surface area contributed by atoms with Gasteiger partial charge in [-0.1, -0.05) is 31.8 Å². The number of amides is 1. The van der Waals surface area contributed by atoms with Crippen LogP contribution in [0.25, 0.3) is 0 Å². The number of ether oxygens (including phenoxy) is 1. The number of halogens is 1. The molecule has 1 atom stereocenters. The van der Waals surface area contributed by atoms with Crippen LogP contribution in [0, 0.1) is 15.0 Å². The van der Waals surface area contributed by atoms with Crippen LogP contribution in [0.4, 0.5) is 0 Å². The first kappa shape index (κ1) is 22.0. The SMILES string of the molecule is COC(=O)C1(CCCC#C[Si](C)(C)C)CCCN1C(=O)c1ccccc1I. The predicted molar refractivity (Wildman–Crippen MR) is 119 cm³/mol. The summed E-state index contributed by atoms with van der Waals surface area (Å²) >= 11 is 2.17. The van der Waals surface area contributed by atoms with Gasteiger partial charge in [-0.2, -0.15) is 0 Å². The summed E-state index contributed by atoms with van der Waals surface area (Å²) in [4.78, 5) is 27.7. The van der Waals surface area contributed by atoms with Crippen LogP contribution in [0.5, 0.6) is 0 Å². The molecule has 1 aromatic rings. The van der Waals surface area contributed by atoms with Gasteiger partial charge in [0.2, 0.25) is 0 Å². The molecule has 0 spiro atoms. The number of carbonyl (C=O) groups is 2. The number of esters is 1. The Kier molecular flexibility index (Phi) is 7.52. The lowest BCUT2D eigenvalue weighted by Crippen LogP contribution is -2.53. The number of hydrogen-bond acceptors (Lipinski definition) is 3. The van der Waals surface area contributed by atoms with Crippen molar-refractivity contribution >= 4 is 42.5 Å². The molecule has 0 aromatic heterocycles. The van der Waals surface area contributed by atoms with Gasteiger partial charge in [0.25, 0.3) is 5.91 Å². The van der Waals surface area contributed by atoms with Gasteiger partial charge in [0.15, 0.2) is 0 Å². The van der Waals surface area contributed by atoms with Crippen molar-refractivity contribution in [3.63, 3.8) is 0 Å². The lowest BCUT2D eigenvalue weighted by Gasteiger charge is -2.36. The van der Waals surface area contributed by atoms with Crippen molar-refractivity contribution in [3.8, 4) is 11.5 Å². The minimum atomic E-state index is -1.39. The van der Waals surface area contributed by atoms with E-state index in [1.54, 1.807) is 4.90 Å². The Morgan fingerprint density at radius 2 is 2.00 bits per heavy atom. The highest BCUT2D eigenvalue weighted by atomic mass is 127. The molecule has 146 valence electrons. The van der Waals surface area contributed by atoms with Gasteiger partial charge in [-0.3, -0.25) is 4.79 Å². The lowest BCUT2D eigenvalue weighted by molar-refractivity contribution is -0.152. The molecule has 1 amide bonds. The van der Waals surface area contributed by atoms with E-state index in [9.17, 15) is 9.59 Å². The Balaban J connectivity index is 2.22. The molecule has 0 bridgehead atoms. The maximum absolute atomic E-state index is 13.2. The molecule has 2 rings (SSSR count). The van der Waals surface area contributed by atoms with Gasteiger partial charge in [-0.25, -0.2) is 4.79 Å². The van der Waals surface area contributed by atoms with Gasteiger partial charge < -0.3 is 9.64 Å². The fourth-order valence-corrected chi connectivity index (χ4v) is 4.79. The average Bonchev–Trinajstić information content (AvgIpc) is 3.04. The predicted octanol–water partition coefficient (Wildman–Crippen LogP) is 4.49. The normalized spacial score (nSPS) is 19.4. The third kappa shape index (κ3) is 5.35. The summed E-state index contributed by atoms with van der Waals surface area (Å²) in [5.41, 5.74) is 3.14. The van der Waals surface area contributed by atoms with Crippen LogP contribution in [0.2, 0.25) is 19.6 Å². The Hall–Kier alpha value is -1.33. The summed E-state index contributed by atoms with van der Waals surface area (Å²) in [6, 6.07) is 7.50. The molecule has 27 heavy (non-hydrogen) atoms. The molecule has 6 heteroatoms. The van der Waals surface area contributed by atoms with Gasteiger partial charge in [-0.15, -0.1) is 11.5 Å². The van der Waals surface area contributed by atoms with E-state index in [0.29, 0.717) is 24.9 Å². The van der Waals surface area contributed by atoms with Crippen LogP contribution in [0.3, 0.4) is 0 Å². The third-order valence-electron chi connectivity index (χ3n) is 4.76. The smallest absolute Gasteiger partial charge is 0.331 e. The molecule has 1 aliphatic heterocycles. The summed E-state index contributed by atoms with van der Waals surface area (Å²) in [7, 11) is 0.0191. The van der Waals surface area contributed by atoms with Gasteiger partial charge in [0, 0.05) is 16.5 Å². The van der Waals surface area contributed by atoms with Crippen LogP contribution in [-0.4, -0.2) is 44.0 Å². The number of nitrogens with zero attached hydrogens (tertiary/aromatic N) is 1. The quantitative estimate of drug-likeness (QED) is 0.198. The second-order valence-corrected chi connectivity index (χ2v) is 13.9. The van der Waals surface area contributed by atoms with E-state index in [1.807, 2.05) is 24.3 Å². The Labute approximate surface area is 177 Å². The lowest BCUT2D eigenvalue weighted by atomic mass is 9.89. The van der Waals surface area contributed by atoms with Crippen molar-refractivity contribution in [2.75, 3.05) is 13.7 Å². The van der Waals surface area contributed by atoms with Crippen molar-refractivity contribution in [2.45, 2.75) is 57.3 Å². The van der Waals surface area contributed by atoms with E-state index in [4.69, 9.17) is 4.74 Å². The summed E-state index contributed by atoms with van der Waals surface area (Å²) < 4.78 is 6.03. The first-order chi connectivity index (χ1) is 12.7. The highest BCUT2D eigenvalue weighted by molar-refractivity contribution is 14.1. The van der Waals surface area contributed by atoms with E-state index in [-0.39, 0.29) is 11.9 Å². The van der Waals surface area contributed by atoms with Crippen molar-refractivity contribution in [2.24, 2.45) is 0 Å². The number of methoxy groups -OCH3 is 1. The molecule has 1 fully saturated rings. The maximum Gasteiger partial charge on any atom is 0.331 e. The average molecular weight is 497 g/mol. The number of unbranched alkanes of at least 4 members (excludes halogenated alkanes) is 1. The van der Waals surface area contributed by atoms with Crippen LogP contribution in [-0.2, 0) is 9.53 Å². The molecule has 0 aliphatic carbocycles. The topological polar surface area (TPSA) is 46.6 Å². The third-order valence-corrected chi connectivity index (χ3v) is 6.63.